The molecule has 1 aliphatic rings. The minimum absolute atomic E-state index is 0.0720. The standard InChI is InChI=1S/C15H20N4O2/c1-17-12-4-2-3-5-13(12)19(15(17)21)9-7-14(20)18-8-6-11(16)10-18/h2-5,11H,6-10,16H2,1H3/t11-/m1/s1. The van der Waals surface area contributed by atoms with Gasteiger partial charge in [0.15, 0.2) is 0 Å². The second-order valence-corrected chi connectivity index (χ2v) is 5.62. The molecule has 3 rings (SSSR count). The van der Waals surface area contributed by atoms with E-state index in [2.05, 4.69) is 0 Å². The zero-order valence-electron chi connectivity index (χ0n) is 12.2. The summed E-state index contributed by atoms with van der Waals surface area (Å²) in [5, 5.41) is 0. The SMILES string of the molecule is Cn1c(=O)n(CCC(=O)N2CC[C@@H](N)C2)c2ccccc21. The lowest BCUT2D eigenvalue weighted by Gasteiger charge is -2.15. The molecule has 2 heterocycles. The largest absolute Gasteiger partial charge is 0.341 e. The fraction of sp³-hybridized carbons (Fsp3) is 0.467. The lowest BCUT2D eigenvalue weighted by Crippen LogP contribution is -2.33. The van der Waals surface area contributed by atoms with Crippen LogP contribution in [0.4, 0.5) is 0 Å². The highest BCUT2D eigenvalue weighted by molar-refractivity contribution is 5.78. The molecule has 1 fully saturated rings. The van der Waals surface area contributed by atoms with Gasteiger partial charge in [-0.3, -0.25) is 13.9 Å². The summed E-state index contributed by atoms with van der Waals surface area (Å²) in [6.45, 7) is 1.76. The van der Waals surface area contributed by atoms with Crippen LogP contribution in [0.5, 0.6) is 0 Å². The number of carbonyl (C=O) groups is 1. The lowest BCUT2D eigenvalue weighted by atomic mass is 10.3. The van der Waals surface area contributed by atoms with Crippen LogP contribution in [0, 0.1) is 0 Å². The molecule has 0 aliphatic carbocycles. The third-order valence-electron chi connectivity index (χ3n) is 4.18. The van der Waals surface area contributed by atoms with E-state index in [-0.39, 0.29) is 17.6 Å². The summed E-state index contributed by atoms with van der Waals surface area (Å²) in [6, 6.07) is 7.72. The summed E-state index contributed by atoms with van der Waals surface area (Å²) in [7, 11) is 1.75. The van der Waals surface area contributed by atoms with Crippen LogP contribution in [-0.4, -0.2) is 39.1 Å². The van der Waals surface area contributed by atoms with Gasteiger partial charge < -0.3 is 10.6 Å². The van der Waals surface area contributed by atoms with Gasteiger partial charge in [0.25, 0.3) is 0 Å². The van der Waals surface area contributed by atoms with Crippen molar-refractivity contribution in [3.63, 3.8) is 0 Å². The van der Waals surface area contributed by atoms with Crippen molar-refractivity contribution >= 4 is 16.9 Å². The van der Waals surface area contributed by atoms with Crippen LogP contribution >= 0.6 is 0 Å². The smallest absolute Gasteiger partial charge is 0.328 e. The zero-order chi connectivity index (χ0) is 15.0. The number of hydrogen-bond donors (Lipinski definition) is 1. The number of aryl methyl sites for hydroxylation is 2. The molecule has 1 amide bonds. The first-order valence-corrected chi connectivity index (χ1v) is 7.25. The van der Waals surface area contributed by atoms with E-state index in [1.54, 1.807) is 21.1 Å². The third-order valence-corrected chi connectivity index (χ3v) is 4.18. The molecule has 6 nitrogen and oxygen atoms in total. The molecule has 1 aliphatic heterocycles. The van der Waals surface area contributed by atoms with Gasteiger partial charge in [0, 0.05) is 39.1 Å². The number of rotatable bonds is 3. The molecule has 1 aromatic heterocycles. The molecule has 6 heteroatoms. The number of fused-ring (bicyclic) bond motifs is 1. The summed E-state index contributed by atoms with van der Waals surface area (Å²) in [5.74, 6) is 0.0720. The van der Waals surface area contributed by atoms with Gasteiger partial charge in [0.1, 0.15) is 0 Å². The van der Waals surface area contributed by atoms with Gasteiger partial charge in [0.2, 0.25) is 5.91 Å². The van der Waals surface area contributed by atoms with Crippen LogP contribution in [0.3, 0.4) is 0 Å². The Morgan fingerprint density at radius 3 is 2.71 bits per heavy atom. The molecule has 2 aromatic rings. The average molecular weight is 288 g/mol. The van der Waals surface area contributed by atoms with E-state index < -0.39 is 0 Å². The van der Waals surface area contributed by atoms with Crippen LogP contribution in [0.2, 0.25) is 0 Å². The predicted octanol–water partition coefficient (Wildman–Crippen LogP) is 0.290. The molecule has 0 radical (unpaired) electrons. The maximum Gasteiger partial charge on any atom is 0.328 e. The van der Waals surface area contributed by atoms with Crippen molar-refractivity contribution in [2.75, 3.05) is 13.1 Å². The average Bonchev–Trinajstić information content (AvgIpc) is 3.02. The Kier molecular flexibility index (Phi) is 3.55. The molecule has 0 bridgehead atoms. The number of aromatic nitrogens is 2. The first-order chi connectivity index (χ1) is 10.1. The van der Waals surface area contributed by atoms with Crippen molar-refractivity contribution in [1.29, 1.82) is 0 Å². The summed E-state index contributed by atoms with van der Waals surface area (Å²) in [5.41, 5.74) is 7.50. The van der Waals surface area contributed by atoms with Crippen molar-refractivity contribution in [2.45, 2.75) is 25.4 Å². The van der Waals surface area contributed by atoms with Crippen molar-refractivity contribution in [1.82, 2.24) is 14.0 Å². The minimum Gasteiger partial charge on any atom is -0.341 e. The molecule has 2 N–H and O–H groups in total. The van der Waals surface area contributed by atoms with Crippen LogP contribution in [-0.2, 0) is 18.4 Å². The Bertz CT molecular complexity index is 731. The molecular weight excluding hydrogens is 268 g/mol. The third kappa shape index (κ3) is 2.47. The topological polar surface area (TPSA) is 73.3 Å². The van der Waals surface area contributed by atoms with Gasteiger partial charge in [-0.15, -0.1) is 0 Å². The van der Waals surface area contributed by atoms with Gasteiger partial charge in [0.05, 0.1) is 11.0 Å². The number of likely N-dealkylation sites (tertiary alicyclic amines) is 1. The first kappa shape index (κ1) is 13.9. The Balaban J connectivity index is 1.78. The Morgan fingerprint density at radius 1 is 1.33 bits per heavy atom. The van der Waals surface area contributed by atoms with E-state index in [1.807, 2.05) is 24.3 Å². The number of carbonyl (C=O) groups excluding carboxylic acids is 1. The van der Waals surface area contributed by atoms with Gasteiger partial charge >= 0.3 is 5.69 Å². The number of amides is 1. The van der Waals surface area contributed by atoms with E-state index in [0.717, 1.165) is 24.0 Å². The number of benzene rings is 1. The number of nitrogens with zero attached hydrogens (tertiary/aromatic N) is 3. The van der Waals surface area contributed by atoms with Crippen molar-refractivity contribution in [3.8, 4) is 0 Å². The van der Waals surface area contributed by atoms with E-state index in [0.29, 0.717) is 19.5 Å². The quantitative estimate of drug-likeness (QED) is 0.882. The summed E-state index contributed by atoms with van der Waals surface area (Å²) in [4.78, 5) is 26.2. The normalized spacial score (nSPS) is 18.6. The Labute approximate surface area is 122 Å². The molecule has 0 saturated carbocycles. The summed E-state index contributed by atoms with van der Waals surface area (Å²) < 4.78 is 3.29. The number of para-hydroxylation sites is 2. The second-order valence-electron chi connectivity index (χ2n) is 5.62. The molecule has 1 saturated heterocycles. The van der Waals surface area contributed by atoms with Gasteiger partial charge in [-0.05, 0) is 18.6 Å². The van der Waals surface area contributed by atoms with E-state index in [4.69, 9.17) is 5.73 Å². The molecule has 0 unspecified atom stereocenters. The van der Waals surface area contributed by atoms with E-state index in [9.17, 15) is 9.59 Å². The zero-order valence-corrected chi connectivity index (χ0v) is 12.2. The summed E-state index contributed by atoms with van der Waals surface area (Å²) >= 11 is 0. The predicted molar refractivity (Wildman–Crippen MR) is 81.0 cm³/mol. The Morgan fingerprint density at radius 2 is 2.05 bits per heavy atom. The molecule has 0 spiro atoms. The number of nitrogens with two attached hydrogens (primary N) is 1. The van der Waals surface area contributed by atoms with Crippen molar-refractivity contribution < 1.29 is 4.79 Å². The molecule has 1 atom stereocenters. The molecular formula is C15H20N4O2. The van der Waals surface area contributed by atoms with Crippen LogP contribution in [0.25, 0.3) is 11.0 Å². The first-order valence-electron chi connectivity index (χ1n) is 7.25. The van der Waals surface area contributed by atoms with Crippen molar-refractivity contribution in [2.24, 2.45) is 12.8 Å². The Hall–Kier alpha value is -2.08. The molecule has 1 aromatic carbocycles. The fourth-order valence-electron chi connectivity index (χ4n) is 2.96. The molecule has 112 valence electrons. The van der Waals surface area contributed by atoms with Crippen LogP contribution < -0.4 is 11.4 Å². The molecule has 21 heavy (non-hydrogen) atoms. The summed E-state index contributed by atoms with van der Waals surface area (Å²) in [6.07, 6.45) is 1.20. The number of imidazole rings is 1. The van der Waals surface area contributed by atoms with Crippen LogP contribution in [0.1, 0.15) is 12.8 Å². The highest BCUT2D eigenvalue weighted by Crippen LogP contribution is 2.13. The lowest BCUT2D eigenvalue weighted by molar-refractivity contribution is -0.130. The van der Waals surface area contributed by atoms with E-state index in [1.165, 1.54) is 0 Å². The number of hydrogen-bond acceptors (Lipinski definition) is 3. The van der Waals surface area contributed by atoms with E-state index >= 15 is 0 Å². The van der Waals surface area contributed by atoms with Crippen LogP contribution in [0.15, 0.2) is 29.1 Å². The minimum atomic E-state index is -0.0814. The van der Waals surface area contributed by atoms with Crippen molar-refractivity contribution in [3.05, 3.63) is 34.7 Å². The van der Waals surface area contributed by atoms with Gasteiger partial charge in [-0.2, -0.15) is 0 Å². The highest BCUT2D eigenvalue weighted by atomic mass is 16.2. The van der Waals surface area contributed by atoms with Gasteiger partial charge in [-0.25, -0.2) is 4.79 Å². The monoisotopic (exact) mass is 288 g/mol. The van der Waals surface area contributed by atoms with Gasteiger partial charge in [-0.1, -0.05) is 12.1 Å². The maximum atomic E-state index is 12.3. The second kappa shape index (κ2) is 5.37. The highest BCUT2D eigenvalue weighted by Gasteiger charge is 2.23. The maximum absolute atomic E-state index is 12.3. The fourth-order valence-corrected chi connectivity index (χ4v) is 2.96.